The molecular formula is C18H16Cl3N3O3S. The Kier molecular flexibility index (Phi) is 7.48. The van der Waals surface area contributed by atoms with Gasteiger partial charge in [0.2, 0.25) is 3.79 Å². The molecule has 0 spiro atoms. The van der Waals surface area contributed by atoms with Gasteiger partial charge in [0.1, 0.15) is 6.17 Å². The molecule has 28 heavy (non-hydrogen) atoms. The fraction of sp³-hybridized carbons (Fsp3) is 0.167. The second-order valence-electron chi connectivity index (χ2n) is 5.71. The first-order valence-corrected chi connectivity index (χ1v) is 9.47. The lowest BCUT2D eigenvalue weighted by Crippen LogP contribution is -2.56. The number of carboxylic acids is 1. The lowest BCUT2D eigenvalue weighted by molar-refractivity contribution is 0.0697. The van der Waals surface area contributed by atoms with Gasteiger partial charge in [-0.05, 0) is 42.9 Å². The van der Waals surface area contributed by atoms with E-state index in [9.17, 15) is 14.7 Å². The van der Waals surface area contributed by atoms with Crippen LogP contribution in [0.1, 0.15) is 26.3 Å². The van der Waals surface area contributed by atoms with Gasteiger partial charge in [-0.25, -0.2) is 4.79 Å². The van der Waals surface area contributed by atoms with Gasteiger partial charge >= 0.3 is 5.97 Å². The fourth-order valence-corrected chi connectivity index (χ4v) is 2.86. The lowest BCUT2D eigenvalue weighted by Gasteiger charge is -2.28. The second-order valence-corrected chi connectivity index (χ2v) is 8.49. The second kappa shape index (κ2) is 9.43. The largest absolute Gasteiger partial charge is 0.478 e. The van der Waals surface area contributed by atoms with Crippen LogP contribution < -0.4 is 16.0 Å². The summed E-state index contributed by atoms with van der Waals surface area (Å²) in [4.78, 5) is 23.8. The van der Waals surface area contributed by atoms with E-state index in [2.05, 4.69) is 16.0 Å². The number of hydrogen-bond donors (Lipinski definition) is 4. The topological polar surface area (TPSA) is 90.5 Å². The van der Waals surface area contributed by atoms with Gasteiger partial charge in [-0.15, -0.1) is 0 Å². The number of nitrogens with one attached hydrogen (secondary N) is 3. The minimum atomic E-state index is -1.93. The molecule has 148 valence electrons. The molecule has 0 aliphatic carbocycles. The van der Waals surface area contributed by atoms with Crippen LogP contribution in [0.3, 0.4) is 0 Å². The summed E-state index contributed by atoms with van der Waals surface area (Å²) >= 11 is 23.1. The number of thiocarbonyl (C=S) groups is 1. The van der Waals surface area contributed by atoms with Crippen molar-refractivity contribution in [3.05, 3.63) is 65.2 Å². The predicted molar refractivity (Wildman–Crippen MR) is 115 cm³/mol. The number of carbonyl (C=O) groups excluding carboxylic acids is 1. The molecule has 2 aromatic carbocycles. The van der Waals surface area contributed by atoms with Gasteiger partial charge in [0.25, 0.3) is 5.91 Å². The van der Waals surface area contributed by atoms with Crippen molar-refractivity contribution in [2.45, 2.75) is 16.9 Å². The normalized spacial score (nSPS) is 12.0. The maximum atomic E-state index is 12.5. The third-order valence-corrected chi connectivity index (χ3v) is 4.55. The van der Waals surface area contributed by atoms with E-state index in [0.29, 0.717) is 5.56 Å². The molecule has 2 aromatic rings. The standard InChI is InChI=1S/C18H16Cl3N3O3S/c1-10-6-2-3-7-11(10)14(25)23-16(18(19,20)21)24-17(28)22-13-9-5-4-8-12(13)15(26)27/h2-9,16H,1H3,(H,23,25)(H,26,27)(H2,22,24,28). The number of para-hydroxylation sites is 1. The van der Waals surface area contributed by atoms with E-state index >= 15 is 0 Å². The number of carbonyl (C=O) groups is 2. The van der Waals surface area contributed by atoms with Crippen LogP contribution in [0.15, 0.2) is 48.5 Å². The van der Waals surface area contributed by atoms with Crippen LogP contribution >= 0.6 is 47.0 Å². The number of halogens is 3. The molecule has 0 heterocycles. The zero-order valence-electron chi connectivity index (χ0n) is 14.5. The number of anilines is 1. The van der Waals surface area contributed by atoms with Crippen molar-refractivity contribution >= 4 is 69.7 Å². The molecule has 1 amide bonds. The van der Waals surface area contributed by atoms with Gasteiger partial charge in [0.05, 0.1) is 11.3 Å². The molecule has 0 aromatic heterocycles. The molecule has 1 atom stereocenters. The molecule has 0 bridgehead atoms. The monoisotopic (exact) mass is 459 g/mol. The van der Waals surface area contributed by atoms with Crippen molar-refractivity contribution in [1.82, 2.24) is 10.6 Å². The number of alkyl halides is 3. The van der Waals surface area contributed by atoms with Crippen molar-refractivity contribution in [1.29, 1.82) is 0 Å². The Morgan fingerprint density at radius 2 is 1.57 bits per heavy atom. The van der Waals surface area contributed by atoms with Gasteiger partial charge in [0, 0.05) is 5.56 Å². The predicted octanol–water partition coefficient (Wildman–Crippen LogP) is 4.11. The molecule has 0 aliphatic heterocycles. The van der Waals surface area contributed by atoms with E-state index in [0.717, 1.165) is 5.56 Å². The fourth-order valence-electron chi connectivity index (χ4n) is 2.30. The van der Waals surface area contributed by atoms with E-state index in [1.807, 2.05) is 0 Å². The Labute approximate surface area is 182 Å². The molecule has 0 radical (unpaired) electrons. The number of benzene rings is 2. The number of rotatable bonds is 5. The summed E-state index contributed by atoms with van der Waals surface area (Å²) < 4.78 is -1.93. The van der Waals surface area contributed by atoms with Crippen molar-refractivity contribution < 1.29 is 14.7 Å². The van der Waals surface area contributed by atoms with Crippen LogP contribution in [0.2, 0.25) is 0 Å². The van der Waals surface area contributed by atoms with Gasteiger partial charge in [-0.2, -0.15) is 0 Å². The average Bonchev–Trinajstić information content (AvgIpc) is 2.60. The van der Waals surface area contributed by atoms with Gasteiger partial charge < -0.3 is 21.1 Å². The SMILES string of the molecule is Cc1ccccc1C(=O)NC(NC(=S)Nc1ccccc1C(=O)O)C(Cl)(Cl)Cl. The highest BCUT2D eigenvalue weighted by atomic mass is 35.6. The van der Waals surface area contributed by atoms with E-state index in [4.69, 9.17) is 47.0 Å². The zero-order chi connectivity index (χ0) is 20.9. The van der Waals surface area contributed by atoms with Crippen LogP contribution in [0.5, 0.6) is 0 Å². The molecule has 6 nitrogen and oxygen atoms in total. The van der Waals surface area contributed by atoms with Crippen LogP contribution in [-0.2, 0) is 0 Å². The van der Waals surface area contributed by atoms with E-state index in [1.54, 1.807) is 43.3 Å². The van der Waals surface area contributed by atoms with Gasteiger partial charge in [-0.1, -0.05) is 65.1 Å². The smallest absolute Gasteiger partial charge is 0.337 e. The minimum Gasteiger partial charge on any atom is -0.478 e. The summed E-state index contributed by atoms with van der Waals surface area (Å²) in [6, 6.07) is 13.1. The van der Waals surface area contributed by atoms with Crippen LogP contribution in [0.25, 0.3) is 0 Å². The Bertz CT molecular complexity index is 903. The molecule has 2 rings (SSSR count). The van der Waals surface area contributed by atoms with Crippen molar-refractivity contribution in [3.8, 4) is 0 Å². The Hall–Kier alpha value is -2.06. The summed E-state index contributed by atoms with van der Waals surface area (Å²) in [5.74, 6) is -1.59. The Balaban J connectivity index is 2.15. The summed E-state index contributed by atoms with van der Waals surface area (Å²) in [6.45, 7) is 1.78. The first-order valence-electron chi connectivity index (χ1n) is 7.92. The lowest BCUT2D eigenvalue weighted by atomic mass is 10.1. The van der Waals surface area contributed by atoms with Crippen molar-refractivity contribution in [3.63, 3.8) is 0 Å². The maximum Gasteiger partial charge on any atom is 0.337 e. The maximum absolute atomic E-state index is 12.5. The molecule has 0 fully saturated rings. The summed E-state index contributed by atoms with van der Waals surface area (Å²) in [5, 5.41) is 17.2. The molecular weight excluding hydrogens is 445 g/mol. The first kappa shape index (κ1) is 22.2. The number of hydrogen-bond acceptors (Lipinski definition) is 3. The molecule has 1 unspecified atom stereocenters. The molecule has 0 saturated carbocycles. The van der Waals surface area contributed by atoms with Crippen LogP contribution in [0.4, 0.5) is 5.69 Å². The Morgan fingerprint density at radius 3 is 2.14 bits per heavy atom. The summed E-state index contributed by atoms with van der Waals surface area (Å²) in [7, 11) is 0. The highest BCUT2D eigenvalue weighted by Gasteiger charge is 2.35. The highest BCUT2D eigenvalue weighted by Crippen LogP contribution is 2.29. The molecule has 10 heteroatoms. The minimum absolute atomic E-state index is 0.0148. The van der Waals surface area contributed by atoms with E-state index in [-0.39, 0.29) is 16.4 Å². The number of aromatic carboxylic acids is 1. The van der Waals surface area contributed by atoms with Crippen molar-refractivity contribution in [2.75, 3.05) is 5.32 Å². The number of aryl methyl sites for hydroxylation is 1. The molecule has 0 saturated heterocycles. The third-order valence-electron chi connectivity index (χ3n) is 3.67. The van der Waals surface area contributed by atoms with Gasteiger partial charge in [0.15, 0.2) is 5.11 Å². The van der Waals surface area contributed by atoms with Crippen LogP contribution in [-0.4, -0.2) is 32.1 Å². The summed E-state index contributed by atoms with van der Waals surface area (Å²) in [6.07, 6.45) is -1.18. The number of amides is 1. The van der Waals surface area contributed by atoms with Crippen LogP contribution in [0, 0.1) is 6.92 Å². The number of carboxylic acid groups (broad SMARTS) is 1. The van der Waals surface area contributed by atoms with Crippen molar-refractivity contribution in [2.24, 2.45) is 0 Å². The summed E-state index contributed by atoms with van der Waals surface area (Å²) in [5.41, 5.74) is 1.43. The van der Waals surface area contributed by atoms with E-state index < -0.39 is 21.8 Å². The molecule has 4 N–H and O–H groups in total. The van der Waals surface area contributed by atoms with Gasteiger partial charge in [-0.3, -0.25) is 4.79 Å². The average molecular weight is 461 g/mol. The Morgan fingerprint density at radius 1 is 1.00 bits per heavy atom. The van der Waals surface area contributed by atoms with E-state index in [1.165, 1.54) is 12.1 Å². The third kappa shape index (κ3) is 5.97. The zero-order valence-corrected chi connectivity index (χ0v) is 17.6. The first-order chi connectivity index (χ1) is 13.1. The molecule has 0 aliphatic rings. The quantitative estimate of drug-likeness (QED) is 0.305. The highest BCUT2D eigenvalue weighted by molar-refractivity contribution is 7.80.